The highest BCUT2D eigenvalue weighted by Crippen LogP contribution is 2.19. The Morgan fingerprint density at radius 2 is 1.83 bits per heavy atom. The van der Waals surface area contributed by atoms with Crippen molar-refractivity contribution in [1.82, 2.24) is 39.3 Å². The number of nitrogens with one attached hydrogen (secondary N) is 1. The number of halogens is 1. The lowest BCUT2D eigenvalue weighted by Crippen LogP contribution is -2.03. The van der Waals surface area contributed by atoms with Crippen molar-refractivity contribution in [2.75, 3.05) is 5.32 Å². The van der Waals surface area contributed by atoms with Gasteiger partial charge in [0.25, 0.3) is 0 Å². The maximum atomic E-state index is 5.96. The second-order valence-corrected chi connectivity index (χ2v) is 7.09. The zero-order valence-corrected chi connectivity index (χ0v) is 16.7. The number of hydrogen-bond acceptors (Lipinski definition) is 7. The van der Waals surface area contributed by atoms with E-state index in [1.54, 1.807) is 29.5 Å². The Bertz CT molecular complexity index is 1320. The molecule has 4 heterocycles. The highest BCUT2D eigenvalue weighted by Gasteiger charge is 2.11. The van der Waals surface area contributed by atoms with Crippen molar-refractivity contribution in [1.29, 1.82) is 0 Å². The largest absolute Gasteiger partial charge is 0.309 e. The highest BCUT2D eigenvalue weighted by atomic mass is 35.5. The Balaban J connectivity index is 1.42. The summed E-state index contributed by atoms with van der Waals surface area (Å²) >= 11 is 5.96. The lowest BCUT2D eigenvalue weighted by molar-refractivity contribution is 0.775. The zero-order chi connectivity index (χ0) is 20.5. The van der Waals surface area contributed by atoms with E-state index in [2.05, 4.69) is 35.6 Å². The quantitative estimate of drug-likeness (QED) is 0.468. The van der Waals surface area contributed by atoms with Crippen molar-refractivity contribution in [3.05, 3.63) is 77.6 Å². The predicted octanol–water partition coefficient (Wildman–Crippen LogP) is 3.30. The molecule has 30 heavy (non-hydrogen) atoms. The van der Waals surface area contributed by atoms with E-state index in [1.165, 1.54) is 0 Å². The van der Waals surface area contributed by atoms with Crippen molar-refractivity contribution in [2.45, 2.75) is 6.42 Å². The van der Waals surface area contributed by atoms with E-state index < -0.39 is 0 Å². The van der Waals surface area contributed by atoms with Crippen LogP contribution in [0.5, 0.6) is 0 Å². The molecule has 0 amide bonds. The summed E-state index contributed by atoms with van der Waals surface area (Å²) in [7, 11) is 1.84. The van der Waals surface area contributed by atoms with E-state index in [0.29, 0.717) is 34.4 Å². The molecule has 10 heteroatoms. The first-order chi connectivity index (χ1) is 14.7. The number of rotatable bonds is 5. The molecule has 0 bridgehead atoms. The molecule has 0 unspecified atom stereocenters. The summed E-state index contributed by atoms with van der Waals surface area (Å²) in [6.45, 7) is 0. The second-order valence-electron chi connectivity index (χ2n) is 6.65. The molecule has 4 aromatic heterocycles. The molecule has 0 atom stereocenters. The molecule has 0 aliphatic carbocycles. The maximum Gasteiger partial charge on any atom is 0.228 e. The zero-order valence-electron chi connectivity index (χ0n) is 15.9. The van der Waals surface area contributed by atoms with Crippen molar-refractivity contribution < 1.29 is 0 Å². The van der Waals surface area contributed by atoms with Crippen LogP contribution in [0.15, 0.2) is 61.2 Å². The van der Waals surface area contributed by atoms with Gasteiger partial charge in [0.15, 0.2) is 5.65 Å². The van der Waals surface area contributed by atoms with Gasteiger partial charge in [0.05, 0.1) is 17.6 Å². The van der Waals surface area contributed by atoms with Gasteiger partial charge in [-0.05, 0) is 23.8 Å². The molecule has 1 aromatic carbocycles. The number of anilines is 2. The van der Waals surface area contributed by atoms with Gasteiger partial charge in [-0.2, -0.15) is 5.10 Å². The molecule has 0 spiro atoms. The molecule has 1 N–H and O–H groups in total. The highest BCUT2D eigenvalue weighted by molar-refractivity contribution is 6.30. The smallest absolute Gasteiger partial charge is 0.228 e. The van der Waals surface area contributed by atoms with Crippen LogP contribution in [0.25, 0.3) is 17.0 Å². The molecule has 5 aromatic rings. The first-order valence-corrected chi connectivity index (χ1v) is 9.56. The van der Waals surface area contributed by atoms with Crippen LogP contribution in [0.3, 0.4) is 0 Å². The minimum atomic E-state index is 0.461. The molecule has 0 saturated carbocycles. The van der Waals surface area contributed by atoms with Gasteiger partial charge < -0.3 is 5.32 Å². The second kappa shape index (κ2) is 7.53. The van der Waals surface area contributed by atoms with Gasteiger partial charge in [0.1, 0.15) is 18.0 Å². The standard InChI is InChI=1S/C20H16ClN9/c1-29-17(7-9-24-29)26-20-22-8-6-15(25-20)16-11-19-28-27-18(30(19)12-23-16)10-13-2-4-14(21)5-3-13/h2-9,11-12H,10H2,1H3,(H,22,25,26). The van der Waals surface area contributed by atoms with E-state index >= 15 is 0 Å². The van der Waals surface area contributed by atoms with Gasteiger partial charge in [-0.15, -0.1) is 10.2 Å². The van der Waals surface area contributed by atoms with Crippen molar-refractivity contribution in [2.24, 2.45) is 7.05 Å². The Morgan fingerprint density at radius 1 is 0.967 bits per heavy atom. The Hall–Kier alpha value is -3.85. The Morgan fingerprint density at radius 3 is 2.63 bits per heavy atom. The fourth-order valence-corrected chi connectivity index (χ4v) is 3.19. The minimum Gasteiger partial charge on any atom is -0.309 e. The number of aromatic nitrogens is 8. The molecule has 0 aliphatic heterocycles. The van der Waals surface area contributed by atoms with Crippen LogP contribution in [-0.4, -0.2) is 39.3 Å². The van der Waals surface area contributed by atoms with E-state index in [4.69, 9.17) is 11.6 Å². The summed E-state index contributed by atoms with van der Waals surface area (Å²) in [5.41, 5.74) is 3.16. The molecule has 5 rings (SSSR count). The van der Waals surface area contributed by atoms with Crippen LogP contribution in [0.4, 0.5) is 11.8 Å². The molecular formula is C20H16ClN9. The third kappa shape index (κ3) is 3.58. The van der Waals surface area contributed by atoms with Gasteiger partial charge in [-0.25, -0.2) is 15.0 Å². The summed E-state index contributed by atoms with van der Waals surface area (Å²) in [5.74, 6) is 2.05. The van der Waals surface area contributed by atoms with Gasteiger partial charge in [0, 0.05) is 36.8 Å². The summed E-state index contributed by atoms with van der Waals surface area (Å²) in [5, 5.41) is 16.6. The van der Waals surface area contributed by atoms with E-state index in [9.17, 15) is 0 Å². The monoisotopic (exact) mass is 417 g/mol. The van der Waals surface area contributed by atoms with Gasteiger partial charge in [-0.3, -0.25) is 9.08 Å². The van der Waals surface area contributed by atoms with E-state index in [-0.39, 0.29) is 0 Å². The van der Waals surface area contributed by atoms with Crippen molar-refractivity contribution in [3.63, 3.8) is 0 Å². The van der Waals surface area contributed by atoms with Crippen LogP contribution in [0.2, 0.25) is 5.02 Å². The van der Waals surface area contributed by atoms with Crippen LogP contribution in [-0.2, 0) is 13.5 Å². The number of aryl methyl sites for hydroxylation is 1. The molecule has 9 nitrogen and oxygen atoms in total. The fraction of sp³-hybridized carbons (Fsp3) is 0.100. The summed E-state index contributed by atoms with van der Waals surface area (Å²) in [4.78, 5) is 13.4. The number of fused-ring (bicyclic) bond motifs is 1. The van der Waals surface area contributed by atoms with Crippen LogP contribution in [0, 0.1) is 0 Å². The topological polar surface area (TPSA) is 98.7 Å². The number of nitrogens with zero attached hydrogens (tertiary/aromatic N) is 8. The average molecular weight is 418 g/mol. The summed E-state index contributed by atoms with van der Waals surface area (Å²) < 4.78 is 3.58. The molecule has 0 radical (unpaired) electrons. The van der Waals surface area contributed by atoms with Crippen molar-refractivity contribution >= 4 is 29.0 Å². The first-order valence-electron chi connectivity index (χ1n) is 9.18. The predicted molar refractivity (Wildman–Crippen MR) is 113 cm³/mol. The van der Waals surface area contributed by atoms with Gasteiger partial charge in [-0.1, -0.05) is 23.7 Å². The maximum absolute atomic E-state index is 5.96. The third-order valence-electron chi connectivity index (χ3n) is 4.63. The SMILES string of the molecule is Cn1nccc1Nc1nccc(-c2cc3nnc(Cc4ccc(Cl)cc4)n3cn2)n1. The number of hydrogen-bond donors (Lipinski definition) is 1. The first kappa shape index (κ1) is 18.2. The van der Waals surface area contributed by atoms with Crippen molar-refractivity contribution in [3.8, 4) is 11.4 Å². The van der Waals surface area contributed by atoms with E-state index in [0.717, 1.165) is 17.2 Å². The Kier molecular flexibility index (Phi) is 4.56. The molecular weight excluding hydrogens is 402 g/mol. The van der Waals surface area contributed by atoms with Crippen LogP contribution in [0.1, 0.15) is 11.4 Å². The normalized spacial score (nSPS) is 11.1. The molecule has 148 valence electrons. The van der Waals surface area contributed by atoms with Crippen LogP contribution < -0.4 is 5.32 Å². The lowest BCUT2D eigenvalue weighted by Gasteiger charge is -2.06. The molecule has 0 aliphatic rings. The molecule has 0 saturated heterocycles. The van der Waals surface area contributed by atoms with Gasteiger partial charge in [0.2, 0.25) is 5.95 Å². The summed E-state index contributed by atoms with van der Waals surface area (Å²) in [6, 6.07) is 13.2. The lowest BCUT2D eigenvalue weighted by atomic mass is 10.1. The van der Waals surface area contributed by atoms with Gasteiger partial charge >= 0.3 is 0 Å². The summed E-state index contributed by atoms with van der Waals surface area (Å²) in [6.07, 6.45) is 5.73. The fourth-order valence-electron chi connectivity index (χ4n) is 3.06. The van der Waals surface area contributed by atoms with E-state index in [1.807, 2.05) is 47.8 Å². The average Bonchev–Trinajstić information content (AvgIpc) is 3.35. The Labute approximate surface area is 176 Å². The van der Waals surface area contributed by atoms with Crippen LogP contribution >= 0.6 is 11.6 Å². The minimum absolute atomic E-state index is 0.461. The molecule has 0 fully saturated rings. The number of benzene rings is 1. The third-order valence-corrected chi connectivity index (χ3v) is 4.88.